The summed E-state index contributed by atoms with van der Waals surface area (Å²) in [4.78, 5) is 15.5. The van der Waals surface area contributed by atoms with Crippen molar-refractivity contribution >= 4 is 36.1 Å². The number of carbonyl (C=O) groups excluding carboxylic acids is 1. The second kappa shape index (κ2) is 10.8. The molecule has 0 atom stereocenters. The van der Waals surface area contributed by atoms with Gasteiger partial charge in [-0.25, -0.2) is 4.58 Å². The molecule has 1 aliphatic heterocycles. The molecule has 1 fully saturated rings. The van der Waals surface area contributed by atoms with Gasteiger partial charge in [-0.15, -0.1) is 0 Å². The number of hydrogen-bond donors (Lipinski definition) is 1. The van der Waals surface area contributed by atoms with Crippen molar-refractivity contribution in [2.75, 3.05) is 39.6 Å². The third kappa shape index (κ3) is 5.21. The lowest BCUT2D eigenvalue weighted by Crippen LogP contribution is -2.49. The van der Waals surface area contributed by atoms with Crippen molar-refractivity contribution in [2.45, 2.75) is 52.1 Å². The summed E-state index contributed by atoms with van der Waals surface area (Å²) < 4.78 is 2.19. The summed E-state index contributed by atoms with van der Waals surface area (Å²) in [6.07, 6.45) is 13.3. The lowest BCUT2D eigenvalue weighted by atomic mass is 9.86. The molecular weight excluding hydrogens is 494 g/mol. The van der Waals surface area contributed by atoms with E-state index in [2.05, 4.69) is 112 Å². The molecule has 0 spiro atoms. The molecule has 39 heavy (non-hydrogen) atoms. The molecule has 0 aromatic heterocycles. The van der Waals surface area contributed by atoms with E-state index in [1.807, 2.05) is 6.07 Å². The first-order valence-corrected chi connectivity index (χ1v) is 17.5. The van der Waals surface area contributed by atoms with Crippen molar-refractivity contribution in [3.05, 3.63) is 87.6 Å². The minimum Gasteiger partial charge on any atom is -0.378 e. The van der Waals surface area contributed by atoms with Crippen molar-refractivity contribution in [3.63, 3.8) is 0 Å². The van der Waals surface area contributed by atoms with Crippen LogP contribution in [0.5, 0.6) is 0 Å². The molecule has 204 valence electrons. The average molecular weight is 539 g/mol. The lowest BCUT2D eigenvalue weighted by Gasteiger charge is -2.38. The summed E-state index contributed by atoms with van der Waals surface area (Å²) in [6.45, 7) is 7.90. The summed E-state index contributed by atoms with van der Waals surface area (Å²) in [6, 6.07) is 13.2. The summed E-state index contributed by atoms with van der Waals surface area (Å²) in [5.74, 6) is 0.655. The van der Waals surface area contributed by atoms with Gasteiger partial charge in [0, 0.05) is 44.0 Å². The van der Waals surface area contributed by atoms with Crippen LogP contribution < -0.4 is 15.4 Å². The fourth-order valence-electron chi connectivity index (χ4n) is 6.43. The van der Waals surface area contributed by atoms with E-state index in [-0.39, 0.29) is 5.91 Å². The van der Waals surface area contributed by atoms with E-state index in [9.17, 15) is 4.79 Å². The van der Waals surface area contributed by atoms with E-state index in [1.165, 1.54) is 76.2 Å². The summed E-state index contributed by atoms with van der Waals surface area (Å²) in [5, 5.41) is 6.17. The molecule has 3 aliphatic rings. The highest BCUT2D eigenvalue weighted by Crippen LogP contribution is 2.42. The van der Waals surface area contributed by atoms with Crippen molar-refractivity contribution < 1.29 is 9.37 Å². The molecule has 0 radical (unpaired) electrons. The van der Waals surface area contributed by atoms with Gasteiger partial charge in [0.1, 0.15) is 22.2 Å². The smallest absolute Gasteiger partial charge is 0.251 e. The second-order valence-corrected chi connectivity index (χ2v) is 16.8. The molecule has 1 heterocycles. The molecule has 2 aromatic carbocycles. The molecule has 4 nitrogen and oxygen atoms in total. The molecule has 0 saturated heterocycles. The highest BCUT2D eigenvalue weighted by Gasteiger charge is 2.40. The zero-order chi connectivity index (χ0) is 27.9. The molecule has 2 aliphatic carbocycles. The van der Waals surface area contributed by atoms with Crippen LogP contribution in [0.3, 0.4) is 0 Å². The number of hydrogen-bond acceptors (Lipinski definition) is 2. The maximum Gasteiger partial charge on any atom is 0.251 e. The molecular formula is C34H44N3OSi+. The quantitative estimate of drug-likeness (QED) is 0.383. The van der Waals surface area contributed by atoms with E-state index in [0.717, 1.165) is 17.7 Å². The van der Waals surface area contributed by atoms with E-state index in [4.69, 9.17) is 0 Å². The number of allylic oxidation sites excluding steroid dienone is 5. The van der Waals surface area contributed by atoms with Gasteiger partial charge in [0.2, 0.25) is 0 Å². The molecule has 1 amide bonds. The molecule has 0 unspecified atom stereocenters. The van der Waals surface area contributed by atoms with Gasteiger partial charge in [-0.3, -0.25) is 4.79 Å². The first-order chi connectivity index (χ1) is 18.6. The number of carbonyl (C=O) groups is 1. The van der Waals surface area contributed by atoms with E-state index in [1.54, 1.807) is 0 Å². The summed E-state index contributed by atoms with van der Waals surface area (Å²) in [5.41, 5.74) is 9.43. The Kier molecular flexibility index (Phi) is 7.56. The summed E-state index contributed by atoms with van der Waals surface area (Å²) in [7, 11) is 6.45. The number of anilines is 1. The van der Waals surface area contributed by atoms with Crippen LogP contribution >= 0.6 is 0 Å². The Morgan fingerprint density at radius 2 is 1.74 bits per heavy atom. The first kappa shape index (κ1) is 27.4. The third-order valence-electron chi connectivity index (χ3n) is 8.97. The van der Waals surface area contributed by atoms with Crippen LogP contribution in [-0.2, 0) is 0 Å². The minimum absolute atomic E-state index is 0.0410. The summed E-state index contributed by atoms with van der Waals surface area (Å²) >= 11 is 0. The van der Waals surface area contributed by atoms with Gasteiger partial charge in [-0.1, -0.05) is 44.5 Å². The van der Waals surface area contributed by atoms with Gasteiger partial charge < -0.3 is 10.2 Å². The topological polar surface area (TPSA) is 35.4 Å². The zero-order valence-corrected chi connectivity index (χ0v) is 25.8. The van der Waals surface area contributed by atoms with Crippen LogP contribution in [0, 0.1) is 12.8 Å². The molecule has 1 N–H and O–H groups in total. The van der Waals surface area contributed by atoms with Crippen LogP contribution in [0.25, 0.3) is 5.57 Å². The Balaban J connectivity index is 1.64. The molecule has 0 bridgehead atoms. The molecule has 5 rings (SSSR count). The Labute approximate surface area is 235 Å². The number of amides is 1. The number of rotatable bonds is 5. The Bertz CT molecular complexity index is 1430. The highest BCUT2D eigenvalue weighted by atomic mass is 28.3. The van der Waals surface area contributed by atoms with Gasteiger partial charge in [0.05, 0.1) is 0 Å². The number of nitrogens with one attached hydrogen (secondary N) is 1. The van der Waals surface area contributed by atoms with Crippen LogP contribution in [0.15, 0.2) is 65.4 Å². The maximum absolute atomic E-state index is 13.3. The average Bonchev–Trinajstić information content (AvgIpc) is 2.93. The minimum atomic E-state index is -2.00. The van der Waals surface area contributed by atoms with Gasteiger partial charge in [-0.2, -0.15) is 0 Å². The predicted molar refractivity (Wildman–Crippen MR) is 168 cm³/mol. The van der Waals surface area contributed by atoms with Gasteiger partial charge in [0.25, 0.3) is 5.91 Å². The fraction of sp³-hybridized carbons (Fsp3) is 0.412. The van der Waals surface area contributed by atoms with Crippen molar-refractivity contribution in [1.29, 1.82) is 0 Å². The molecule has 1 saturated carbocycles. The highest BCUT2D eigenvalue weighted by molar-refractivity contribution is 6.98. The number of nitrogens with zero attached hydrogens (tertiary/aromatic N) is 2. The second-order valence-electron chi connectivity index (χ2n) is 12.5. The lowest BCUT2D eigenvalue weighted by molar-refractivity contribution is -0.462. The fourth-order valence-corrected chi connectivity index (χ4v) is 9.51. The third-order valence-corrected chi connectivity index (χ3v) is 12.5. The van der Waals surface area contributed by atoms with Crippen LogP contribution in [0.2, 0.25) is 13.1 Å². The predicted octanol–water partition coefficient (Wildman–Crippen LogP) is 5.85. The van der Waals surface area contributed by atoms with Crippen LogP contribution in [0.1, 0.15) is 59.2 Å². The normalized spacial score (nSPS) is 18.3. The Morgan fingerprint density at radius 1 is 1.00 bits per heavy atom. The first-order valence-electron chi connectivity index (χ1n) is 14.5. The van der Waals surface area contributed by atoms with Crippen molar-refractivity contribution in [2.24, 2.45) is 5.92 Å². The number of fused-ring (bicyclic) bond motifs is 2. The maximum atomic E-state index is 13.3. The number of aryl methyl sites for hydroxylation is 1. The standard InChI is InChI=1S/C34H43N3OSi/c1-23-13-14-25(34(38)35-22-24-11-9-8-10-12-24)19-30(23)33-28-17-15-26(36(2)3)20-31(28)39(6,7)32-21-27(37(4)5)16-18-29(32)33/h13-21,24H,8-12,22H2,1-7H3/p+1. The monoisotopic (exact) mass is 538 g/mol. The van der Waals surface area contributed by atoms with E-state index >= 15 is 0 Å². The van der Waals surface area contributed by atoms with Crippen molar-refractivity contribution in [1.82, 2.24) is 5.32 Å². The van der Waals surface area contributed by atoms with Gasteiger partial charge >= 0.3 is 0 Å². The van der Waals surface area contributed by atoms with E-state index in [0.29, 0.717) is 5.92 Å². The zero-order valence-electron chi connectivity index (χ0n) is 24.8. The van der Waals surface area contributed by atoms with Gasteiger partial charge in [0.15, 0.2) is 5.71 Å². The Hall–Kier alpha value is -3.18. The van der Waals surface area contributed by atoms with E-state index < -0.39 is 8.07 Å². The molecule has 2 aromatic rings. The largest absolute Gasteiger partial charge is 0.378 e. The SMILES string of the molecule is Cc1ccc(C(=O)NCC2CCCCC2)cc1C1=C2C=CC(=[N+](C)C)C=C2[Si](C)(C)c2cc(N(C)C)ccc21. The van der Waals surface area contributed by atoms with Crippen LogP contribution in [0.4, 0.5) is 5.69 Å². The van der Waals surface area contributed by atoms with Crippen LogP contribution in [-0.4, -0.2) is 59.0 Å². The Morgan fingerprint density at radius 3 is 2.44 bits per heavy atom. The number of benzene rings is 2. The van der Waals surface area contributed by atoms with Crippen molar-refractivity contribution in [3.8, 4) is 0 Å². The van der Waals surface area contributed by atoms with Gasteiger partial charge in [-0.05, 0) is 94.2 Å². The molecule has 5 heteroatoms.